The van der Waals surface area contributed by atoms with Crippen LogP contribution in [0.3, 0.4) is 0 Å². The summed E-state index contributed by atoms with van der Waals surface area (Å²) in [7, 11) is 0. The highest BCUT2D eigenvalue weighted by atomic mass is 35.5. The number of hydrogen-bond acceptors (Lipinski definition) is 3. The van der Waals surface area contributed by atoms with Gasteiger partial charge in [0, 0.05) is 6.54 Å². The zero-order chi connectivity index (χ0) is 11.5. The van der Waals surface area contributed by atoms with Gasteiger partial charge in [-0.05, 0) is 28.8 Å². The predicted octanol–water partition coefficient (Wildman–Crippen LogP) is 2.85. The van der Waals surface area contributed by atoms with Crippen molar-refractivity contribution in [3.8, 4) is 0 Å². The van der Waals surface area contributed by atoms with Gasteiger partial charge < -0.3 is 0 Å². The number of rotatable bonds is 3. The summed E-state index contributed by atoms with van der Waals surface area (Å²) in [6.45, 7) is 0.506. The molecule has 2 heterocycles. The fourth-order valence-electron chi connectivity index (χ4n) is 1.27. The van der Waals surface area contributed by atoms with Gasteiger partial charge in [-0.1, -0.05) is 23.2 Å². The minimum atomic E-state index is -0.343. The van der Waals surface area contributed by atoms with Crippen molar-refractivity contribution >= 4 is 34.5 Å². The van der Waals surface area contributed by atoms with Gasteiger partial charge in [0.05, 0.1) is 11.2 Å². The van der Waals surface area contributed by atoms with Crippen LogP contribution < -0.4 is 5.56 Å². The molecule has 0 saturated heterocycles. The minimum Gasteiger partial charge on any atom is -0.266 e. The smallest absolute Gasteiger partial charge is 0.266 e. The fraction of sp³-hybridized carbons (Fsp3) is 0.200. The van der Waals surface area contributed by atoms with Gasteiger partial charge in [-0.25, -0.2) is 4.68 Å². The lowest BCUT2D eigenvalue weighted by Crippen LogP contribution is -2.24. The third kappa shape index (κ3) is 2.45. The largest absolute Gasteiger partial charge is 0.287 e. The Bertz CT molecular complexity index is 536. The van der Waals surface area contributed by atoms with E-state index in [9.17, 15) is 4.79 Å². The standard InChI is InChI=1S/C10H8Cl2N2OS/c11-8-5-13-14(10(15)9(8)12)3-1-7-2-4-16-6-7/h2,4-6H,1,3H2. The van der Waals surface area contributed by atoms with E-state index < -0.39 is 0 Å². The summed E-state index contributed by atoms with van der Waals surface area (Å²) in [4.78, 5) is 11.6. The van der Waals surface area contributed by atoms with Crippen LogP contribution in [0.5, 0.6) is 0 Å². The first-order chi connectivity index (χ1) is 7.68. The van der Waals surface area contributed by atoms with Crippen LogP contribution in [0, 0.1) is 0 Å². The SMILES string of the molecule is O=c1c(Cl)c(Cl)cnn1CCc1ccsc1. The fourth-order valence-corrected chi connectivity index (χ4v) is 2.25. The van der Waals surface area contributed by atoms with Gasteiger partial charge in [0.1, 0.15) is 5.02 Å². The molecule has 2 aromatic rings. The van der Waals surface area contributed by atoms with Crippen LogP contribution in [0.4, 0.5) is 0 Å². The molecule has 16 heavy (non-hydrogen) atoms. The molecule has 0 aliphatic carbocycles. The highest BCUT2D eigenvalue weighted by molar-refractivity contribution is 7.07. The zero-order valence-corrected chi connectivity index (χ0v) is 10.5. The number of nitrogens with zero attached hydrogens (tertiary/aromatic N) is 2. The van der Waals surface area contributed by atoms with E-state index in [0.29, 0.717) is 6.54 Å². The van der Waals surface area contributed by atoms with E-state index in [1.54, 1.807) is 11.3 Å². The maximum Gasteiger partial charge on any atom is 0.287 e. The maximum atomic E-state index is 11.6. The van der Waals surface area contributed by atoms with Gasteiger partial charge in [-0.3, -0.25) is 4.79 Å². The molecule has 0 unspecified atom stereocenters. The van der Waals surface area contributed by atoms with E-state index in [1.165, 1.54) is 16.4 Å². The van der Waals surface area contributed by atoms with E-state index in [2.05, 4.69) is 5.10 Å². The summed E-state index contributed by atoms with van der Waals surface area (Å²) in [5, 5.41) is 8.20. The molecule has 0 saturated carbocycles. The van der Waals surface area contributed by atoms with Gasteiger partial charge in [0.25, 0.3) is 5.56 Å². The van der Waals surface area contributed by atoms with Crippen molar-refractivity contribution in [2.45, 2.75) is 13.0 Å². The Kier molecular flexibility index (Phi) is 3.63. The number of hydrogen-bond donors (Lipinski definition) is 0. The van der Waals surface area contributed by atoms with Crippen molar-refractivity contribution in [2.75, 3.05) is 0 Å². The third-order valence-electron chi connectivity index (χ3n) is 2.13. The highest BCUT2D eigenvalue weighted by Crippen LogP contribution is 2.14. The van der Waals surface area contributed by atoms with Crippen LogP contribution in [0.2, 0.25) is 10.0 Å². The molecule has 0 atom stereocenters. The van der Waals surface area contributed by atoms with E-state index in [4.69, 9.17) is 23.2 Å². The summed E-state index contributed by atoms with van der Waals surface area (Å²) >= 11 is 13.0. The molecule has 2 aromatic heterocycles. The second-order valence-corrected chi connectivity index (χ2v) is 4.78. The Balaban J connectivity index is 2.17. The molecule has 0 bridgehead atoms. The zero-order valence-electron chi connectivity index (χ0n) is 8.19. The highest BCUT2D eigenvalue weighted by Gasteiger charge is 2.07. The van der Waals surface area contributed by atoms with Crippen molar-refractivity contribution in [3.63, 3.8) is 0 Å². The first-order valence-electron chi connectivity index (χ1n) is 4.60. The molecule has 3 nitrogen and oxygen atoms in total. The number of thiophene rings is 1. The average Bonchev–Trinajstić information content (AvgIpc) is 2.78. The minimum absolute atomic E-state index is 0.0296. The van der Waals surface area contributed by atoms with Crippen LogP contribution in [0.1, 0.15) is 5.56 Å². The lowest BCUT2D eigenvalue weighted by molar-refractivity contribution is 0.579. The molecule has 0 fully saturated rings. The second-order valence-electron chi connectivity index (χ2n) is 3.22. The van der Waals surface area contributed by atoms with Crippen LogP contribution >= 0.6 is 34.5 Å². The Morgan fingerprint density at radius 1 is 1.44 bits per heavy atom. The summed E-state index contributed by atoms with van der Waals surface area (Å²) in [5.74, 6) is 0. The number of halogens is 2. The van der Waals surface area contributed by atoms with Crippen LogP contribution in [-0.2, 0) is 13.0 Å². The number of aromatic nitrogens is 2. The quantitative estimate of drug-likeness (QED) is 0.863. The molecule has 0 N–H and O–H groups in total. The van der Waals surface area contributed by atoms with Crippen molar-refractivity contribution in [3.05, 3.63) is 49.0 Å². The van der Waals surface area contributed by atoms with Gasteiger partial charge >= 0.3 is 0 Å². The van der Waals surface area contributed by atoms with E-state index in [0.717, 1.165) is 6.42 Å². The summed E-state index contributed by atoms with van der Waals surface area (Å²) < 4.78 is 1.33. The Morgan fingerprint density at radius 2 is 2.25 bits per heavy atom. The molecular formula is C10H8Cl2N2OS. The van der Waals surface area contributed by atoms with Crippen LogP contribution in [0.25, 0.3) is 0 Å². The summed E-state index contributed by atoms with van der Waals surface area (Å²) in [6.07, 6.45) is 2.15. The van der Waals surface area contributed by atoms with E-state index in [-0.39, 0.29) is 15.6 Å². The molecule has 0 aromatic carbocycles. The van der Waals surface area contributed by atoms with Crippen molar-refractivity contribution < 1.29 is 0 Å². The van der Waals surface area contributed by atoms with Crippen molar-refractivity contribution in [1.29, 1.82) is 0 Å². The average molecular weight is 275 g/mol. The lowest BCUT2D eigenvalue weighted by Gasteiger charge is -2.04. The first-order valence-corrected chi connectivity index (χ1v) is 6.30. The molecule has 0 amide bonds. The van der Waals surface area contributed by atoms with Gasteiger partial charge in [0.15, 0.2) is 0 Å². The monoisotopic (exact) mass is 274 g/mol. The molecule has 2 rings (SSSR count). The van der Waals surface area contributed by atoms with Gasteiger partial charge in [0.2, 0.25) is 0 Å². The molecule has 0 spiro atoms. The second kappa shape index (κ2) is 4.99. The van der Waals surface area contributed by atoms with Crippen LogP contribution in [0.15, 0.2) is 27.8 Å². The maximum absolute atomic E-state index is 11.6. The summed E-state index contributed by atoms with van der Waals surface area (Å²) in [5.41, 5.74) is 0.842. The Morgan fingerprint density at radius 3 is 2.94 bits per heavy atom. The van der Waals surface area contributed by atoms with E-state index in [1.807, 2.05) is 16.8 Å². The lowest BCUT2D eigenvalue weighted by atomic mass is 10.2. The topological polar surface area (TPSA) is 34.9 Å². The summed E-state index contributed by atoms with van der Waals surface area (Å²) in [6, 6.07) is 2.02. The number of aryl methyl sites for hydroxylation is 2. The van der Waals surface area contributed by atoms with Crippen molar-refractivity contribution in [2.24, 2.45) is 0 Å². The molecule has 0 aliphatic heterocycles. The molecular weight excluding hydrogens is 267 g/mol. The van der Waals surface area contributed by atoms with E-state index >= 15 is 0 Å². The van der Waals surface area contributed by atoms with Gasteiger partial charge in [-0.2, -0.15) is 16.4 Å². The molecule has 84 valence electrons. The first kappa shape index (κ1) is 11.6. The normalized spacial score (nSPS) is 10.6. The molecule has 0 aliphatic rings. The molecule has 6 heteroatoms. The Hall–Kier alpha value is -0.840. The predicted molar refractivity (Wildman–Crippen MR) is 66.5 cm³/mol. The molecule has 0 radical (unpaired) electrons. The third-order valence-corrected chi connectivity index (χ3v) is 3.62. The van der Waals surface area contributed by atoms with Crippen LogP contribution in [-0.4, -0.2) is 9.78 Å². The van der Waals surface area contributed by atoms with Gasteiger partial charge in [-0.15, -0.1) is 0 Å². The van der Waals surface area contributed by atoms with Crippen molar-refractivity contribution in [1.82, 2.24) is 9.78 Å². The Labute approximate surface area is 106 Å².